The Labute approximate surface area is 161 Å². The number of ether oxygens (including phenoxy) is 1. The number of pyridine rings is 1. The molecule has 0 radical (unpaired) electrons. The smallest absolute Gasteiger partial charge is 0.433 e. The Hall–Kier alpha value is -2.49. The molecule has 0 spiro atoms. The Kier molecular flexibility index (Phi) is 4.84. The molecule has 0 aliphatic carbocycles. The van der Waals surface area contributed by atoms with Crippen LogP contribution in [0.1, 0.15) is 30.5 Å². The second kappa shape index (κ2) is 7.08. The fourth-order valence-electron chi connectivity index (χ4n) is 3.52. The van der Waals surface area contributed by atoms with Gasteiger partial charge in [0, 0.05) is 22.8 Å². The van der Waals surface area contributed by atoms with Crippen LogP contribution in [-0.2, 0) is 12.4 Å². The van der Waals surface area contributed by atoms with Gasteiger partial charge in [-0.3, -0.25) is 0 Å². The van der Waals surface area contributed by atoms with E-state index in [-0.39, 0.29) is 33.8 Å². The molecule has 1 atom stereocenters. The van der Waals surface area contributed by atoms with Crippen molar-refractivity contribution in [3.63, 3.8) is 0 Å². The Morgan fingerprint density at radius 3 is 2.48 bits per heavy atom. The lowest BCUT2D eigenvalue weighted by atomic mass is 10.1. The molecule has 2 N–H and O–H groups in total. The minimum absolute atomic E-state index is 0.00925. The van der Waals surface area contributed by atoms with Crippen LogP contribution in [0.2, 0.25) is 0 Å². The van der Waals surface area contributed by atoms with Crippen LogP contribution in [0.25, 0.3) is 21.8 Å². The molecule has 1 aliphatic rings. The van der Waals surface area contributed by atoms with E-state index in [4.69, 9.17) is 4.74 Å². The molecule has 2 aromatic heterocycles. The fraction of sp³-hybridized carbons (Fsp3) is 0.421. The van der Waals surface area contributed by atoms with Gasteiger partial charge in [-0.05, 0) is 50.1 Å². The molecule has 1 fully saturated rings. The number of hydrogen-bond acceptors (Lipinski definition) is 3. The summed E-state index contributed by atoms with van der Waals surface area (Å²) >= 11 is 0. The normalized spacial score (nSPS) is 18.9. The molecule has 29 heavy (non-hydrogen) atoms. The number of hydrogen-bond donors (Lipinski definition) is 2. The molecule has 0 saturated carbocycles. The predicted octanol–water partition coefficient (Wildman–Crippen LogP) is 5.27. The van der Waals surface area contributed by atoms with E-state index >= 15 is 0 Å². The molecule has 0 bridgehead atoms. The number of aromatic amines is 1. The molecular formula is C19H17F6N3O. The maximum absolute atomic E-state index is 13.4. The van der Waals surface area contributed by atoms with Gasteiger partial charge in [-0.15, -0.1) is 0 Å². The van der Waals surface area contributed by atoms with Crippen molar-refractivity contribution in [2.24, 2.45) is 0 Å². The highest BCUT2D eigenvalue weighted by Crippen LogP contribution is 2.39. The van der Waals surface area contributed by atoms with Crippen LogP contribution >= 0.6 is 0 Å². The van der Waals surface area contributed by atoms with Crippen LogP contribution in [0.3, 0.4) is 0 Å². The van der Waals surface area contributed by atoms with Gasteiger partial charge in [0.25, 0.3) is 0 Å². The van der Waals surface area contributed by atoms with Crippen LogP contribution in [0.4, 0.5) is 26.3 Å². The first-order valence-corrected chi connectivity index (χ1v) is 9.11. The van der Waals surface area contributed by atoms with Crippen molar-refractivity contribution in [1.82, 2.24) is 15.3 Å². The molecule has 1 aromatic carbocycles. The van der Waals surface area contributed by atoms with E-state index in [1.165, 1.54) is 6.07 Å². The van der Waals surface area contributed by atoms with Crippen LogP contribution in [0, 0.1) is 0 Å². The summed E-state index contributed by atoms with van der Waals surface area (Å²) in [6.45, 7) is 1.25. The number of rotatable bonds is 2. The number of aromatic nitrogens is 2. The van der Waals surface area contributed by atoms with Crippen LogP contribution in [0.5, 0.6) is 5.88 Å². The van der Waals surface area contributed by atoms with E-state index in [2.05, 4.69) is 15.3 Å². The lowest BCUT2D eigenvalue weighted by Crippen LogP contribution is -2.29. The summed E-state index contributed by atoms with van der Waals surface area (Å²) < 4.78 is 85.2. The molecule has 1 aliphatic heterocycles. The molecular weight excluding hydrogens is 400 g/mol. The highest BCUT2D eigenvalue weighted by Gasteiger charge is 2.35. The molecule has 3 aromatic rings. The molecule has 1 saturated heterocycles. The zero-order chi connectivity index (χ0) is 20.8. The zero-order valence-electron chi connectivity index (χ0n) is 15.0. The SMILES string of the molecule is FC(F)(F)c1ccc2[nH]c3c(O[C@@H]4CCCCNC4)nc(C(F)(F)F)cc3c2c1. The van der Waals surface area contributed by atoms with Crippen molar-refractivity contribution in [1.29, 1.82) is 0 Å². The summed E-state index contributed by atoms with van der Waals surface area (Å²) in [5.74, 6) is -0.256. The summed E-state index contributed by atoms with van der Waals surface area (Å²) in [4.78, 5) is 6.50. The van der Waals surface area contributed by atoms with Gasteiger partial charge in [0.05, 0.1) is 5.56 Å². The highest BCUT2D eigenvalue weighted by atomic mass is 19.4. The second-order valence-electron chi connectivity index (χ2n) is 7.06. The molecule has 3 heterocycles. The van der Waals surface area contributed by atoms with E-state index in [1.54, 1.807) is 0 Å². The summed E-state index contributed by atoms with van der Waals surface area (Å²) in [6.07, 6.45) is -7.33. The van der Waals surface area contributed by atoms with Gasteiger partial charge < -0.3 is 15.0 Å². The molecule has 0 unspecified atom stereocenters. The second-order valence-corrected chi connectivity index (χ2v) is 7.06. The van der Waals surface area contributed by atoms with Gasteiger partial charge in [0.2, 0.25) is 5.88 Å². The fourth-order valence-corrected chi connectivity index (χ4v) is 3.52. The molecule has 0 amide bonds. The molecule has 156 valence electrons. The van der Waals surface area contributed by atoms with Crippen molar-refractivity contribution >= 4 is 21.8 Å². The summed E-state index contributed by atoms with van der Waals surface area (Å²) in [6, 6.07) is 3.67. The Balaban J connectivity index is 1.89. The number of benzene rings is 1. The number of nitrogens with zero attached hydrogens (tertiary/aromatic N) is 1. The minimum Gasteiger partial charge on any atom is -0.471 e. The number of H-pyrrole nitrogens is 1. The van der Waals surface area contributed by atoms with Crippen LogP contribution in [-0.4, -0.2) is 29.2 Å². The Morgan fingerprint density at radius 2 is 1.76 bits per heavy atom. The largest absolute Gasteiger partial charge is 0.471 e. The van der Waals surface area contributed by atoms with Gasteiger partial charge in [-0.25, -0.2) is 4.98 Å². The number of halogens is 6. The highest BCUT2D eigenvalue weighted by molar-refractivity contribution is 6.09. The summed E-state index contributed by atoms with van der Waals surface area (Å²) in [5, 5.41) is 3.18. The Bertz CT molecular complexity index is 1030. The first-order chi connectivity index (χ1) is 13.6. The van der Waals surface area contributed by atoms with Crippen molar-refractivity contribution in [3.05, 3.63) is 35.5 Å². The van der Waals surface area contributed by atoms with Crippen LogP contribution in [0.15, 0.2) is 24.3 Å². The number of alkyl halides is 6. The van der Waals surface area contributed by atoms with Crippen molar-refractivity contribution in [3.8, 4) is 5.88 Å². The predicted molar refractivity (Wildman–Crippen MR) is 94.7 cm³/mol. The van der Waals surface area contributed by atoms with Gasteiger partial charge >= 0.3 is 12.4 Å². The quantitative estimate of drug-likeness (QED) is 0.559. The Morgan fingerprint density at radius 1 is 0.966 bits per heavy atom. The number of fused-ring (bicyclic) bond motifs is 3. The maximum atomic E-state index is 13.4. The van der Waals surface area contributed by atoms with Gasteiger partial charge in [0.1, 0.15) is 17.3 Å². The monoisotopic (exact) mass is 417 g/mol. The standard InChI is InChI=1S/C19H17F6N3O/c20-18(21,22)10-4-5-14-12(7-10)13-8-15(19(23,24)25)28-17(16(13)27-14)29-11-3-1-2-6-26-9-11/h4-5,7-8,11,26-27H,1-3,6,9H2/t11-/m1/s1. The van der Waals surface area contributed by atoms with Gasteiger partial charge in [-0.2, -0.15) is 26.3 Å². The van der Waals surface area contributed by atoms with Crippen LogP contribution < -0.4 is 10.1 Å². The number of nitrogens with one attached hydrogen (secondary N) is 2. The van der Waals surface area contributed by atoms with E-state index in [1.807, 2.05) is 0 Å². The first kappa shape index (κ1) is 19.8. The van der Waals surface area contributed by atoms with E-state index in [9.17, 15) is 26.3 Å². The molecule has 4 nitrogen and oxygen atoms in total. The van der Waals surface area contributed by atoms with Crippen molar-refractivity contribution in [2.75, 3.05) is 13.1 Å². The zero-order valence-corrected chi connectivity index (χ0v) is 15.0. The molecule has 10 heteroatoms. The van der Waals surface area contributed by atoms with E-state index in [0.29, 0.717) is 13.0 Å². The third-order valence-corrected chi connectivity index (χ3v) is 4.95. The lowest BCUT2D eigenvalue weighted by molar-refractivity contribution is -0.141. The van der Waals surface area contributed by atoms with Gasteiger partial charge in [-0.1, -0.05) is 0 Å². The lowest BCUT2D eigenvalue weighted by Gasteiger charge is -2.18. The van der Waals surface area contributed by atoms with Crippen molar-refractivity contribution in [2.45, 2.75) is 37.7 Å². The third-order valence-electron chi connectivity index (χ3n) is 4.95. The average molecular weight is 417 g/mol. The average Bonchev–Trinajstić information content (AvgIpc) is 2.81. The summed E-state index contributed by atoms with van der Waals surface area (Å²) in [5.41, 5.74) is -1.72. The maximum Gasteiger partial charge on any atom is 0.433 e. The minimum atomic E-state index is -4.76. The first-order valence-electron chi connectivity index (χ1n) is 9.11. The van der Waals surface area contributed by atoms with E-state index < -0.39 is 23.6 Å². The topological polar surface area (TPSA) is 49.9 Å². The summed E-state index contributed by atoms with van der Waals surface area (Å²) in [7, 11) is 0. The molecule has 4 rings (SSSR count). The third kappa shape index (κ3) is 3.98. The van der Waals surface area contributed by atoms with Crippen molar-refractivity contribution < 1.29 is 31.1 Å². The van der Waals surface area contributed by atoms with E-state index in [0.717, 1.165) is 37.6 Å². The van der Waals surface area contributed by atoms with Gasteiger partial charge in [0.15, 0.2) is 0 Å².